The lowest BCUT2D eigenvalue weighted by Gasteiger charge is -2.31. The van der Waals surface area contributed by atoms with Crippen molar-refractivity contribution in [2.24, 2.45) is 5.92 Å². The quantitative estimate of drug-likeness (QED) is 0.778. The van der Waals surface area contributed by atoms with Crippen molar-refractivity contribution < 1.29 is 9.90 Å². The summed E-state index contributed by atoms with van der Waals surface area (Å²) in [5.74, 6) is 0.233. The van der Waals surface area contributed by atoms with Crippen LogP contribution in [0.4, 0.5) is 4.79 Å². The number of nitrogens with one attached hydrogen (secondary N) is 1. The highest BCUT2D eigenvalue weighted by Crippen LogP contribution is 2.24. The van der Waals surface area contributed by atoms with E-state index in [0.717, 1.165) is 38.6 Å². The predicted octanol–water partition coefficient (Wildman–Crippen LogP) is 1.52. The Bertz CT molecular complexity index is 297. The van der Waals surface area contributed by atoms with Gasteiger partial charge in [-0.05, 0) is 46.8 Å². The summed E-state index contributed by atoms with van der Waals surface area (Å²) in [6, 6.07) is 0.137. The van der Waals surface area contributed by atoms with E-state index in [-0.39, 0.29) is 24.1 Å². The molecule has 2 amide bonds. The van der Waals surface area contributed by atoms with E-state index in [1.807, 2.05) is 28.1 Å². The number of carbonyl (C=O) groups is 1. The number of rotatable bonds is 6. The maximum atomic E-state index is 12.1. The molecule has 1 aliphatic rings. The summed E-state index contributed by atoms with van der Waals surface area (Å²) in [5, 5.41) is 13.0. The van der Waals surface area contributed by atoms with E-state index in [9.17, 15) is 9.90 Å². The Kier molecular flexibility index (Phi) is 7.30. The molecule has 0 radical (unpaired) electrons. The molecule has 0 saturated heterocycles. The summed E-state index contributed by atoms with van der Waals surface area (Å²) in [7, 11) is 5.88. The van der Waals surface area contributed by atoms with Crippen LogP contribution in [0.2, 0.25) is 0 Å². The van der Waals surface area contributed by atoms with Gasteiger partial charge in [-0.2, -0.15) is 0 Å². The van der Waals surface area contributed by atoms with Crippen LogP contribution in [0.3, 0.4) is 0 Å². The maximum absolute atomic E-state index is 12.1. The molecule has 5 nitrogen and oxygen atoms in total. The van der Waals surface area contributed by atoms with Crippen molar-refractivity contribution in [1.82, 2.24) is 15.1 Å². The molecule has 1 saturated carbocycles. The molecular formula is C15H31N3O2. The molecule has 0 aliphatic heterocycles. The summed E-state index contributed by atoms with van der Waals surface area (Å²) in [6.45, 7) is 3.64. The summed E-state index contributed by atoms with van der Waals surface area (Å²) in [5.41, 5.74) is 0. The molecule has 0 spiro atoms. The van der Waals surface area contributed by atoms with Crippen molar-refractivity contribution in [3.63, 3.8) is 0 Å². The monoisotopic (exact) mass is 285 g/mol. The van der Waals surface area contributed by atoms with Gasteiger partial charge in [0.05, 0.1) is 6.10 Å². The Balaban J connectivity index is 2.31. The zero-order valence-corrected chi connectivity index (χ0v) is 13.4. The maximum Gasteiger partial charge on any atom is 0.317 e. The van der Waals surface area contributed by atoms with Gasteiger partial charge in [-0.25, -0.2) is 4.79 Å². The minimum absolute atomic E-state index is 0.0333. The fourth-order valence-electron chi connectivity index (χ4n) is 2.68. The summed E-state index contributed by atoms with van der Waals surface area (Å²) in [4.78, 5) is 15.9. The van der Waals surface area contributed by atoms with Crippen LogP contribution in [0.25, 0.3) is 0 Å². The lowest BCUT2D eigenvalue weighted by atomic mass is 9.86. The third-order valence-electron chi connectivity index (χ3n) is 4.10. The Morgan fingerprint density at radius 2 is 1.95 bits per heavy atom. The van der Waals surface area contributed by atoms with Crippen molar-refractivity contribution in [2.45, 2.75) is 51.2 Å². The van der Waals surface area contributed by atoms with Gasteiger partial charge in [0.25, 0.3) is 0 Å². The lowest BCUT2D eigenvalue weighted by molar-refractivity contribution is 0.0563. The molecule has 0 aromatic carbocycles. The molecule has 1 aliphatic carbocycles. The van der Waals surface area contributed by atoms with Crippen LogP contribution < -0.4 is 5.32 Å². The third-order valence-corrected chi connectivity index (χ3v) is 4.10. The molecule has 1 rings (SSSR count). The van der Waals surface area contributed by atoms with E-state index in [2.05, 4.69) is 10.2 Å². The van der Waals surface area contributed by atoms with Crippen LogP contribution in [-0.4, -0.2) is 67.3 Å². The molecule has 118 valence electrons. The first-order valence-corrected chi connectivity index (χ1v) is 7.74. The topological polar surface area (TPSA) is 55.8 Å². The number of hydrogen-bond acceptors (Lipinski definition) is 3. The Hall–Kier alpha value is -0.810. The number of nitrogens with zero attached hydrogens (tertiary/aromatic N) is 2. The third kappa shape index (κ3) is 6.09. The number of aliphatic hydroxyl groups excluding tert-OH is 1. The van der Waals surface area contributed by atoms with Crippen LogP contribution in [0, 0.1) is 5.92 Å². The number of aliphatic hydroxyl groups is 1. The lowest BCUT2D eigenvalue weighted by Crippen LogP contribution is -2.46. The summed E-state index contributed by atoms with van der Waals surface area (Å²) >= 11 is 0. The first-order chi connectivity index (χ1) is 9.40. The van der Waals surface area contributed by atoms with Gasteiger partial charge in [-0.1, -0.05) is 12.8 Å². The fourth-order valence-corrected chi connectivity index (χ4v) is 2.68. The molecule has 2 N–H and O–H groups in total. The van der Waals surface area contributed by atoms with E-state index in [1.54, 1.807) is 4.90 Å². The number of carbonyl (C=O) groups excluding carboxylic acids is 1. The molecule has 3 atom stereocenters. The van der Waals surface area contributed by atoms with Gasteiger partial charge in [0.15, 0.2) is 0 Å². The van der Waals surface area contributed by atoms with E-state index in [4.69, 9.17) is 0 Å². The molecular weight excluding hydrogens is 254 g/mol. The zero-order valence-electron chi connectivity index (χ0n) is 13.4. The number of amides is 2. The fraction of sp³-hybridized carbons (Fsp3) is 0.933. The van der Waals surface area contributed by atoms with Crippen molar-refractivity contribution in [3.8, 4) is 0 Å². The van der Waals surface area contributed by atoms with Crippen LogP contribution >= 0.6 is 0 Å². The highest BCUT2D eigenvalue weighted by Gasteiger charge is 2.25. The molecule has 5 heteroatoms. The SMILES string of the molecule is CC(CCN(C)C)NC(=O)N(C)CC1CCCCC1O. The van der Waals surface area contributed by atoms with E-state index in [0.29, 0.717) is 6.54 Å². The molecule has 0 aromatic rings. The van der Waals surface area contributed by atoms with Gasteiger partial charge < -0.3 is 20.2 Å². The van der Waals surface area contributed by atoms with Gasteiger partial charge in [-0.3, -0.25) is 0 Å². The van der Waals surface area contributed by atoms with E-state index in [1.165, 1.54) is 0 Å². The summed E-state index contributed by atoms with van der Waals surface area (Å²) < 4.78 is 0. The number of hydrogen-bond donors (Lipinski definition) is 2. The molecule has 0 heterocycles. The average Bonchev–Trinajstić information content (AvgIpc) is 2.39. The second-order valence-corrected chi connectivity index (χ2v) is 6.43. The van der Waals surface area contributed by atoms with Gasteiger partial charge >= 0.3 is 6.03 Å². The molecule has 0 aromatic heterocycles. The van der Waals surface area contributed by atoms with Gasteiger partial charge in [0, 0.05) is 25.6 Å². The largest absolute Gasteiger partial charge is 0.393 e. The predicted molar refractivity (Wildman–Crippen MR) is 81.8 cm³/mol. The van der Waals surface area contributed by atoms with Crippen molar-refractivity contribution in [3.05, 3.63) is 0 Å². The highest BCUT2D eigenvalue weighted by molar-refractivity contribution is 5.74. The van der Waals surface area contributed by atoms with Crippen molar-refractivity contribution >= 4 is 6.03 Å². The highest BCUT2D eigenvalue weighted by atomic mass is 16.3. The Labute approximate surface area is 123 Å². The van der Waals surface area contributed by atoms with Gasteiger partial charge in [-0.15, -0.1) is 0 Å². The second-order valence-electron chi connectivity index (χ2n) is 6.43. The smallest absolute Gasteiger partial charge is 0.317 e. The number of urea groups is 1. The van der Waals surface area contributed by atoms with E-state index < -0.39 is 0 Å². The minimum atomic E-state index is -0.245. The average molecular weight is 285 g/mol. The molecule has 20 heavy (non-hydrogen) atoms. The summed E-state index contributed by atoms with van der Waals surface area (Å²) in [6.07, 6.45) is 4.86. The Morgan fingerprint density at radius 1 is 1.30 bits per heavy atom. The van der Waals surface area contributed by atoms with Gasteiger partial charge in [0.1, 0.15) is 0 Å². The van der Waals surface area contributed by atoms with Crippen LogP contribution in [0.15, 0.2) is 0 Å². The second kappa shape index (κ2) is 8.47. The van der Waals surface area contributed by atoms with Crippen LogP contribution in [0.1, 0.15) is 39.0 Å². The molecule has 3 unspecified atom stereocenters. The van der Waals surface area contributed by atoms with E-state index >= 15 is 0 Å². The van der Waals surface area contributed by atoms with Gasteiger partial charge in [0.2, 0.25) is 0 Å². The standard InChI is InChI=1S/C15H31N3O2/c1-12(9-10-17(2)3)16-15(20)18(4)11-13-7-5-6-8-14(13)19/h12-14,19H,5-11H2,1-4H3,(H,16,20). The minimum Gasteiger partial charge on any atom is -0.393 e. The van der Waals surface area contributed by atoms with Crippen LogP contribution in [0.5, 0.6) is 0 Å². The first kappa shape index (κ1) is 17.2. The van der Waals surface area contributed by atoms with Crippen LogP contribution in [-0.2, 0) is 0 Å². The Morgan fingerprint density at radius 3 is 2.55 bits per heavy atom. The van der Waals surface area contributed by atoms with Crippen molar-refractivity contribution in [1.29, 1.82) is 0 Å². The first-order valence-electron chi connectivity index (χ1n) is 7.74. The molecule has 0 bridgehead atoms. The molecule has 1 fully saturated rings. The normalized spacial score (nSPS) is 24.5. The zero-order chi connectivity index (χ0) is 15.1. The van der Waals surface area contributed by atoms with Crippen molar-refractivity contribution in [2.75, 3.05) is 34.2 Å².